The van der Waals surface area contributed by atoms with Gasteiger partial charge < -0.3 is 9.47 Å². The Hall–Kier alpha value is -1.36. The third-order valence-corrected chi connectivity index (χ3v) is 6.59. The predicted molar refractivity (Wildman–Crippen MR) is 97.9 cm³/mol. The summed E-state index contributed by atoms with van der Waals surface area (Å²) in [7, 11) is 6.32. The van der Waals surface area contributed by atoms with Crippen LogP contribution >= 0.6 is 0 Å². The van der Waals surface area contributed by atoms with E-state index in [0.29, 0.717) is 35.6 Å². The Labute approximate surface area is 151 Å². The normalized spacial score (nSPS) is 27.7. The van der Waals surface area contributed by atoms with Crippen molar-refractivity contribution in [3.8, 4) is 0 Å². The quantitative estimate of drug-likeness (QED) is 0.797. The van der Waals surface area contributed by atoms with Crippen LogP contribution in [0.3, 0.4) is 0 Å². The van der Waals surface area contributed by atoms with E-state index in [1.165, 1.54) is 44.2 Å². The van der Waals surface area contributed by atoms with Gasteiger partial charge >= 0.3 is 0 Å². The molecular weight excluding hydrogens is 312 g/mol. The molecule has 1 aromatic rings. The van der Waals surface area contributed by atoms with Gasteiger partial charge in [0.05, 0.1) is 18.1 Å². The lowest BCUT2D eigenvalue weighted by molar-refractivity contribution is -0.136. The van der Waals surface area contributed by atoms with Crippen LogP contribution in [0.5, 0.6) is 0 Å². The molecule has 2 heterocycles. The predicted octanol–water partition coefficient (Wildman–Crippen LogP) is 2.70. The molecular formula is C20H32N4O. The minimum Gasteiger partial charge on any atom is -0.345 e. The number of hydrogen-bond donors (Lipinski definition) is 0. The number of aryl methyl sites for hydroxylation is 1. The number of hydrogen-bond acceptors (Lipinski definition) is 3. The maximum Gasteiger partial charge on any atom is 0.225 e. The lowest BCUT2D eigenvalue weighted by atomic mass is 9.86. The van der Waals surface area contributed by atoms with E-state index in [0.717, 1.165) is 13.1 Å². The number of aromatic nitrogens is 2. The molecule has 5 nitrogen and oxygen atoms in total. The zero-order valence-electron chi connectivity index (χ0n) is 15.9. The summed E-state index contributed by atoms with van der Waals surface area (Å²) in [6, 6.07) is 0.358. The Morgan fingerprint density at radius 1 is 1.24 bits per heavy atom. The summed E-state index contributed by atoms with van der Waals surface area (Å²) in [6.45, 7) is 1.99. The van der Waals surface area contributed by atoms with E-state index in [1.807, 2.05) is 19.6 Å². The van der Waals surface area contributed by atoms with E-state index in [1.54, 1.807) is 0 Å². The molecule has 1 aromatic heterocycles. The van der Waals surface area contributed by atoms with Crippen molar-refractivity contribution >= 4 is 5.91 Å². The maximum atomic E-state index is 13.1. The summed E-state index contributed by atoms with van der Waals surface area (Å²) in [5, 5.41) is 0. The summed E-state index contributed by atoms with van der Waals surface area (Å²) >= 11 is 0. The SMILES string of the molecule is CN(C[C@@H]1CCCN(C)[C@H]1c1cncn1C)C(=O)C(C1CC1)C1CC1. The average molecular weight is 345 g/mol. The van der Waals surface area contributed by atoms with Crippen molar-refractivity contribution < 1.29 is 4.79 Å². The number of rotatable bonds is 6. The Kier molecular flexibility index (Phi) is 4.61. The zero-order chi connectivity index (χ0) is 17.6. The second kappa shape index (κ2) is 6.75. The Bertz CT molecular complexity index is 607. The molecule has 1 amide bonds. The summed E-state index contributed by atoms with van der Waals surface area (Å²) in [5.74, 6) is 2.60. The molecule has 1 aliphatic heterocycles. The number of nitrogens with zero attached hydrogens (tertiary/aromatic N) is 4. The molecule has 2 atom stereocenters. The van der Waals surface area contributed by atoms with Gasteiger partial charge in [0.15, 0.2) is 0 Å². The molecule has 0 radical (unpaired) electrons. The smallest absolute Gasteiger partial charge is 0.225 e. The largest absolute Gasteiger partial charge is 0.345 e. The number of imidazole rings is 1. The highest BCUT2D eigenvalue weighted by Gasteiger charge is 2.47. The van der Waals surface area contributed by atoms with Gasteiger partial charge in [-0.05, 0) is 69.9 Å². The maximum absolute atomic E-state index is 13.1. The number of carbonyl (C=O) groups excluding carboxylic acids is 1. The highest BCUT2D eigenvalue weighted by Crippen LogP contribution is 2.50. The molecule has 0 N–H and O–H groups in total. The van der Waals surface area contributed by atoms with Crippen LogP contribution in [0.4, 0.5) is 0 Å². The van der Waals surface area contributed by atoms with Crippen molar-refractivity contribution in [3.05, 3.63) is 18.2 Å². The fourth-order valence-electron chi connectivity index (χ4n) is 4.97. The minimum absolute atomic E-state index is 0.321. The molecule has 1 saturated heterocycles. The number of carbonyl (C=O) groups is 1. The molecule has 0 unspecified atom stereocenters. The Morgan fingerprint density at radius 3 is 2.48 bits per heavy atom. The van der Waals surface area contributed by atoms with Crippen LogP contribution in [0.15, 0.2) is 12.5 Å². The van der Waals surface area contributed by atoms with Crippen LogP contribution in [-0.2, 0) is 11.8 Å². The van der Waals surface area contributed by atoms with Crippen LogP contribution in [0, 0.1) is 23.7 Å². The molecule has 138 valence electrons. The van der Waals surface area contributed by atoms with E-state index in [4.69, 9.17) is 0 Å². The second-order valence-electron chi connectivity index (χ2n) is 8.68. The minimum atomic E-state index is 0.321. The molecule has 3 aliphatic rings. The number of likely N-dealkylation sites (tertiary alicyclic amines) is 1. The van der Waals surface area contributed by atoms with E-state index in [-0.39, 0.29) is 0 Å². The highest BCUT2D eigenvalue weighted by atomic mass is 16.2. The van der Waals surface area contributed by atoms with Gasteiger partial charge in [-0.25, -0.2) is 4.98 Å². The Balaban J connectivity index is 1.47. The molecule has 0 aromatic carbocycles. The van der Waals surface area contributed by atoms with Gasteiger partial charge in [0.25, 0.3) is 0 Å². The molecule has 5 heteroatoms. The lowest BCUT2D eigenvalue weighted by Crippen LogP contribution is -2.44. The van der Waals surface area contributed by atoms with Gasteiger partial charge in [-0.15, -0.1) is 0 Å². The second-order valence-corrected chi connectivity index (χ2v) is 8.68. The topological polar surface area (TPSA) is 41.4 Å². The van der Waals surface area contributed by atoms with E-state index < -0.39 is 0 Å². The van der Waals surface area contributed by atoms with Gasteiger partial charge in [0.1, 0.15) is 0 Å². The molecule has 3 fully saturated rings. The molecule has 0 spiro atoms. The van der Waals surface area contributed by atoms with Crippen molar-refractivity contribution in [3.63, 3.8) is 0 Å². The fourth-order valence-corrected chi connectivity index (χ4v) is 4.97. The molecule has 2 aliphatic carbocycles. The van der Waals surface area contributed by atoms with Gasteiger partial charge in [-0.2, -0.15) is 0 Å². The van der Waals surface area contributed by atoms with Crippen molar-refractivity contribution in [1.82, 2.24) is 19.4 Å². The summed E-state index contributed by atoms with van der Waals surface area (Å²) in [5.41, 5.74) is 1.27. The highest BCUT2D eigenvalue weighted by molar-refractivity contribution is 5.80. The van der Waals surface area contributed by atoms with E-state index in [9.17, 15) is 4.79 Å². The van der Waals surface area contributed by atoms with Crippen LogP contribution in [0.25, 0.3) is 0 Å². The lowest BCUT2D eigenvalue weighted by Gasteiger charge is -2.41. The van der Waals surface area contributed by atoms with Gasteiger partial charge in [-0.3, -0.25) is 9.69 Å². The first-order valence-corrected chi connectivity index (χ1v) is 9.97. The Morgan fingerprint density at radius 2 is 1.92 bits per heavy atom. The van der Waals surface area contributed by atoms with Crippen LogP contribution in [0.2, 0.25) is 0 Å². The van der Waals surface area contributed by atoms with Crippen molar-refractivity contribution in [2.24, 2.45) is 30.7 Å². The monoisotopic (exact) mass is 344 g/mol. The van der Waals surface area contributed by atoms with Crippen LogP contribution < -0.4 is 0 Å². The summed E-state index contributed by atoms with van der Waals surface area (Å²) in [6.07, 6.45) is 11.4. The zero-order valence-corrected chi connectivity index (χ0v) is 15.9. The third-order valence-electron chi connectivity index (χ3n) is 6.59. The fraction of sp³-hybridized carbons (Fsp3) is 0.800. The van der Waals surface area contributed by atoms with E-state index in [2.05, 4.69) is 33.4 Å². The van der Waals surface area contributed by atoms with Crippen LogP contribution in [0.1, 0.15) is 50.3 Å². The standard InChI is InChI=1S/C20H32N4O/c1-22-10-4-5-16(19(22)17-11-21-13-24(17)3)12-23(2)20(25)18(14-6-7-14)15-8-9-15/h11,13-16,18-19H,4-10,12H2,1-3H3/t16-,19+/m0/s1. The summed E-state index contributed by atoms with van der Waals surface area (Å²) < 4.78 is 2.14. The van der Waals surface area contributed by atoms with Gasteiger partial charge in [0, 0.05) is 32.8 Å². The molecule has 25 heavy (non-hydrogen) atoms. The average Bonchev–Trinajstić information content (AvgIpc) is 3.50. The number of amides is 1. The van der Waals surface area contributed by atoms with Crippen molar-refractivity contribution in [1.29, 1.82) is 0 Å². The van der Waals surface area contributed by atoms with Crippen molar-refractivity contribution in [2.75, 3.05) is 27.2 Å². The molecule has 2 saturated carbocycles. The first kappa shape index (κ1) is 17.1. The number of piperidine rings is 1. The first-order valence-electron chi connectivity index (χ1n) is 9.97. The van der Waals surface area contributed by atoms with Crippen molar-refractivity contribution in [2.45, 2.75) is 44.6 Å². The van der Waals surface area contributed by atoms with Gasteiger partial charge in [0.2, 0.25) is 5.91 Å². The van der Waals surface area contributed by atoms with Gasteiger partial charge in [-0.1, -0.05) is 0 Å². The van der Waals surface area contributed by atoms with E-state index >= 15 is 0 Å². The summed E-state index contributed by atoms with van der Waals surface area (Å²) in [4.78, 5) is 22.0. The molecule has 0 bridgehead atoms. The molecule has 4 rings (SSSR count). The van der Waals surface area contributed by atoms with Crippen LogP contribution in [-0.4, -0.2) is 52.4 Å². The first-order chi connectivity index (χ1) is 12.1. The third kappa shape index (κ3) is 3.48.